The predicted molar refractivity (Wildman–Crippen MR) is 74.0 cm³/mol. The van der Waals surface area contributed by atoms with Gasteiger partial charge >= 0.3 is 0 Å². The number of ether oxygens (including phenoxy) is 1. The van der Waals surface area contributed by atoms with Crippen LogP contribution in [0.5, 0.6) is 5.75 Å². The normalized spacial score (nSPS) is 9.84. The maximum atomic E-state index is 11.5. The molecule has 1 aromatic carbocycles. The smallest absolute Gasteiger partial charge is 0.236 e. The summed E-state index contributed by atoms with van der Waals surface area (Å²) in [5.74, 6) is 0.734. The number of likely N-dealkylation sites (N-methyl/N-ethyl adjacent to an activating group) is 1. The van der Waals surface area contributed by atoms with Crippen LogP contribution < -0.4 is 4.74 Å². The molecule has 0 saturated heterocycles. The molecule has 19 heavy (non-hydrogen) atoms. The first kappa shape index (κ1) is 15.0. The van der Waals surface area contributed by atoms with Crippen molar-refractivity contribution >= 4 is 5.91 Å². The third-order valence-electron chi connectivity index (χ3n) is 3.07. The van der Waals surface area contributed by atoms with Gasteiger partial charge in [0.25, 0.3) is 0 Å². The first-order valence-corrected chi connectivity index (χ1v) is 6.24. The topological polar surface area (TPSA) is 53.3 Å². The Labute approximate surface area is 114 Å². The molecule has 1 aromatic rings. The van der Waals surface area contributed by atoms with Crippen molar-refractivity contribution in [2.75, 3.05) is 20.7 Å². The minimum atomic E-state index is -0.147. The molecule has 0 atom stereocenters. The summed E-state index contributed by atoms with van der Waals surface area (Å²) in [6.45, 7) is 4.64. The lowest BCUT2D eigenvalue weighted by atomic mass is 10.0. The van der Waals surface area contributed by atoms with Crippen molar-refractivity contribution in [1.82, 2.24) is 4.90 Å². The Morgan fingerprint density at radius 1 is 1.42 bits per heavy atom. The van der Waals surface area contributed by atoms with Gasteiger partial charge in [0, 0.05) is 13.6 Å². The Kier molecular flexibility index (Phi) is 5.37. The second-order valence-electron chi connectivity index (χ2n) is 4.67. The van der Waals surface area contributed by atoms with E-state index in [-0.39, 0.29) is 12.3 Å². The van der Waals surface area contributed by atoms with Gasteiger partial charge in [0.05, 0.1) is 13.2 Å². The number of hydrogen-bond donors (Lipinski definition) is 0. The lowest BCUT2D eigenvalue weighted by molar-refractivity contribution is -0.128. The second-order valence-corrected chi connectivity index (χ2v) is 4.67. The second kappa shape index (κ2) is 6.79. The SMILES string of the molecule is COc1c(C)cc(C)cc1CCN(C)C(=O)CC#N. The predicted octanol–water partition coefficient (Wildman–Crippen LogP) is 2.23. The number of nitriles is 1. The number of carbonyl (C=O) groups excluding carboxylic acids is 1. The molecule has 4 nitrogen and oxygen atoms in total. The molecule has 0 N–H and O–H groups in total. The zero-order chi connectivity index (χ0) is 14.4. The molecule has 0 aliphatic heterocycles. The number of nitrogens with zero attached hydrogens (tertiary/aromatic N) is 2. The highest BCUT2D eigenvalue weighted by atomic mass is 16.5. The zero-order valence-electron chi connectivity index (χ0n) is 12.0. The van der Waals surface area contributed by atoms with Crippen molar-refractivity contribution in [1.29, 1.82) is 5.26 Å². The molecule has 0 unspecified atom stereocenters. The molecule has 0 spiro atoms. The zero-order valence-corrected chi connectivity index (χ0v) is 12.0. The Morgan fingerprint density at radius 2 is 2.11 bits per heavy atom. The first-order chi connectivity index (χ1) is 8.99. The summed E-state index contributed by atoms with van der Waals surface area (Å²) in [6, 6.07) is 6.03. The molecule has 0 fully saturated rings. The van der Waals surface area contributed by atoms with Gasteiger partial charge in [0.15, 0.2) is 0 Å². The Morgan fingerprint density at radius 3 is 2.68 bits per heavy atom. The summed E-state index contributed by atoms with van der Waals surface area (Å²) in [4.78, 5) is 13.1. The number of amides is 1. The Hall–Kier alpha value is -2.02. The van der Waals surface area contributed by atoms with Gasteiger partial charge in [-0.15, -0.1) is 0 Å². The number of hydrogen-bond acceptors (Lipinski definition) is 3. The highest BCUT2D eigenvalue weighted by molar-refractivity contribution is 5.77. The van der Waals surface area contributed by atoms with Gasteiger partial charge in [-0.1, -0.05) is 17.7 Å². The fourth-order valence-electron chi connectivity index (χ4n) is 2.14. The third-order valence-corrected chi connectivity index (χ3v) is 3.07. The average molecular weight is 260 g/mol. The van der Waals surface area contributed by atoms with E-state index in [0.29, 0.717) is 6.54 Å². The first-order valence-electron chi connectivity index (χ1n) is 6.24. The summed E-state index contributed by atoms with van der Waals surface area (Å²) >= 11 is 0. The summed E-state index contributed by atoms with van der Waals surface area (Å²) in [7, 11) is 3.38. The molecule has 0 heterocycles. The lowest BCUT2D eigenvalue weighted by Gasteiger charge is -2.18. The van der Waals surface area contributed by atoms with E-state index < -0.39 is 0 Å². The van der Waals surface area contributed by atoms with Crippen LogP contribution in [0.1, 0.15) is 23.1 Å². The maximum absolute atomic E-state index is 11.5. The van der Waals surface area contributed by atoms with Gasteiger partial charge in [-0.25, -0.2) is 0 Å². The van der Waals surface area contributed by atoms with Gasteiger partial charge in [0.2, 0.25) is 5.91 Å². The molecule has 4 heteroatoms. The van der Waals surface area contributed by atoms with E-state index in [2.05, 4.69) is 12.1 Å². The molecule has 0 aliphatic carbocycles. The summed E-state index contributed by atoms with van der Waals surface area (Å²) < 4.78 is 5.42. The standard InChI is InChI=1S/C15H20N2O2/c1-11-9-12(2)15(19-4)13(10-11)6-8-17(3)14(18)5-7-16/h9-10H,5-6,8H2,1-4H3. The van der Waals surface area contributed by atoms with Gasteiger partial charge in [-0.2, -0.15) is 5.26 Å². The van der Waals surface area contributed by atoms with Gasteiger partial charge < -0.3 is 9.64 Å². The van der Waals surface area contributed by atoms with Crippen LogP contribution in [0.25, 0.3) is 0 Å². The Balaban J connectivity index is 2.78. The van der Waals surface area contributed by atoms with E-state index >= 15 is 0 Å². The molecular formula is C15H20N2O2. The number of methoxy groups -OCH3 is 1. The minimum absolute atomic E-state index is 0.0690. The molecule has 0 aliphatic rings. The van der Waals surface area contributed by atoms with Crippen molar-refractivity contribution in [3.63, 3.8) is 0 Å². The molecule has 0 aromatic heterocycles. The molecule has 1 amide bonds. The van der Waals surface area contributed by atoms with Crippen molar-refractivity contribution < 1.29 is 9.53 Å². The van der Waals surface area contributed by atoms with E-state index in [9.17, 15) is 4.79 Å². The van der Waals surface area contributed by atoms with E-state index in [1.807, 2.05) is 19.9 Å². The highest BCUT2D eigenvalue weighted by Gasteiger charge is 2.11. The quantitative estimate of drug-likeness (QED) is 0.815. The van der Waals surface area contributed by atoms with E-state index in [1.54, 1.807) is 19.1 Å². The molecular weight excluding hydrogens is 240 g/mol. The summed E-state index contributed by atoms with van der Waals surface area (Å²) in [6.07, 6.45) is 0.653. The average Bonchev–Trinajstić information content (AvgIpc) is 2.35. The minimum Gasteiger partial charge on any atom is -0.496 e. The van der Waals surface area contributed by atoms with Crippen LogP contribution in [-0.2, 0) is 11.2 Å². The van der Waals surface area contributed by atoms with Gasteiger partial charge in [-0.05, 0) is 31.4 Å². The number of rotatable bonds is 5. The van der Waals surface area contributed by atoms with Crippen LogP contribution in [0, 0.1) is 25.2 Å². The molecule has 0 saturated carbocycles. The summed E-state index contributed by atoms with van der Waals surface area (Å²) in [5.41, 5.74) is 3.37. The van der Waals surface area contributed by atoms with E-state index in [4.69, 9.17) is 10.00 Å². The van der Waals surface area contributed by atoms with Crippen LogP contribution >= 0.6 is 0 Å². The van der Waals surface area contributed by atoms with Gasteiger partial charge in [-0.3, -0.25) is 4.79 Å². The molecule has 1 rings (SSSR count). The van der Waals surface area contributed by atoms with Gasteiger partial charge in [0.1, 0.15) is 12.2 Å². The molecule has 0 bridgehead atoms. The monoisotopic (exact) mass is 260 g/mol. The van der Waals surface area contributed by atoms with Crippen LogP contribution in [0.4, 0.5) is 0 Å². The summed E-state index contributed by atoms with van der Waals surface area (Å²) in [5, 5.41) is 8.51. The van der Waals surface area contributed by atoms with Crippen LogP contribution in [0.2, 0.25) is 0 Å². The number of aryl methyl sites for hydroxylation is 2. The number of carbonyl (C=O) groups is 1. The van der Waals surface area contributed by atoms with Crippen LogP contribution in [0.15, 0.2) is 12.1 Å². The van der Waals surface area contributed by atoms with E-state index in [1.165, 1.54) is 5.56 Å². The lowest BCUT2D eigenvalue weighted by Crippen LogP contribution is -2.28. The maximum Gasteiger partial charge on any atom is 0.236 e. The Bertz CT molecular complexity index is 504. The van der Waals surface area contributed by atoms with Crippen molar-refractivity contribution in [3.8, 4) is 11.8 Å². The molecule has 0 radical (unpaired) electrons. The molecule has 102 valence electrons. The number of benzene rings is 1. The van der Waals surface area contributed by atoms with Crippen LogP contribution in [-0.4, -0.2) is 31.5 Å². The van der Waals surface area contributed by atoms with Crippen molar-refractivity contribution in [2.24, 2.45) is 0 Å². The van der Waals surface area contributed by atoms with E-state index in [0.717, 1.165) is 23.3 Å². The largest absolute Gasteiger partial charge is 0.496 e. The fourth-order valence-corrected chi connectivity index (χ4v) is 2.14. The fraction of sp³-hybridized carbons (Fsp3) is 0.467. The van der Waals surface area contributed by atoms with Crippen molar-refractivity contribution in [3.05, 3.63) is 28.8 Å². The third kappa shape index (κ3) is 3.99. The van der Waals surface area contributed by atoms with Crippen molar-refractivity contribution in [2.45, 2.75) is 26.7 Å². The van der Waals surface area contributed by atoms with Crippen LogP contribution in [0.3, 0.4) is 0 Å². The highest BCUT2D eigenvalue weighted by Crippen LogP contribution is 2.25.